The van der Waals surface area contributed by atoms with E-state index < -0.39 is 5.97 Å². The van der Waals surface area contributed by atoms with Gasteiger partial charge in [-0.25, -0.2) is 0 Å². The van der Waals surface area contributed by atoms with E-state index in [1.54, 1.807) is 6.08 Å². The molecule has 0 fully saturated rings. The number of aliphatic carboxylic acids is 1. The lowest BCUT2D eigenvalue weighted by Gasteiger charge is -2.14. The van der Waals surface area contributed by atoms with Crippen LogP contribution < -0.4 is 0 Å². The van der Waals surface area contributed by atoms with Crippen LogP contribution in [0.25, 0.3) is 0 Å². The van der Waals surface area contributed by atoms with Gasteiger partial charge < -0.3 is 10.2 Å². The van der Waals surface area contributed by atoms with Gasteiger partial charge in [0.2, 0.25) is 0 Å². The number of hydrogen-bond acceptors (Lipinski definition) is 3. The highest BCUT2D eigenvalue weighted by Gasteiger charge is 2.27. The standard InChI is InChI=1S/C20H32O4/c21-16-10-6-2-1-3-7-11-17-14-15-19(22)18(17)12-8-4-5-9-13-20(23)24/h7,11,14-15,17-18,21H,1-6,8-10,12-13,16H2,(H,23,24)/b11-7+/t17-,18+/m0/s1. The Hall–Kier alpha value is -1.42. The number of aliphatic hydroxyl groups excluding tert-OH is 1. The number of aliphatic hydroxyl groups is 1. The molecule has 0 radical (unpaired) electrons. The SMILES string of the molecule is O=C(O)CCCCCC[C@H]1C(=O)C=C[C@@H]1/C=C/CCCCCCO. The van der Waals surface area contributed by atoms with E-state index >= 15 is 0 Å². The Morgan fingerprint density at radius 2 is 1.75 bits per heavy atom. The van der Waals surface area contributed by atoms with Crippen molar-refractivity contribution >= 4 is 11.8 Å². The molecule has 0 bridgehead atoms. The summed E-state index contributed by atoms with van der Waals surface area (Å²) in [7, 11) is 0. The van der Waals surface area contributed by atoms with Crippen LogP contribution >= 0.6 is 0 Å². The van der Waals surface area contributed by atoms with Crippen molar-refractivity contribution in [3.63, 3.8) is 0 Å². The monoisotopic (exact) mass is 336 g/mol. The highest BCUT2D eigenvalue weighted by atomic mass is 16.4. The summed E-state index contributed by atoms with van der Waals surface area (Å²) in [4.78, 5) is 22.4. The second-order valence-corrected chi connectivity index (χ2v) is 6.65. The molecular weight excluding hydrogens is 304 g/mol. The molecular formula is C20H32O4. The van der Waals surface area contributed by atoms with Gasteiger partial charge in [-0.05, 0) is 38.2 Å². The van der Waals surface area contributed by atoms with Crippen molar-refractivity contribution in [3.8, 4) is 0 Å². The molecule has 0 saturated heterocycles. The fourth-order valence-corrected chi connectivity index (χ4v) is 3.16. The third-order valence-corrected chi connectivity index (χ3v) is 4.61. The van der Waals surface area contributed by atoms with Crippen LogP contribution in [0.2, 0.25) is 0 Å². The lowest BCUT2D eigenvalue weighted by Crippen LogP contribution is -2.14. The number of carboxylic acid groups (broad SMARTS) is 1. The first-order chi connectivity index (χ1) is 11.6. The molecule has 0 aromatic carbocycles. The molecule has 2 atom stereocenters. The quantitative estimate of drug-likeness (QED) is 0.367. The van der Waals surface area contributed by atoms with Crippen molar-refractivity contribution in [1.29, 1.82) is 0 Å². The summed E-state index contributed by atoms with van der Waals surface area (Å²) in [5, 5.41) is 17.3. The third kappa shape index (κ3) is 9.02. The van der Waals surface area contributed by atoms with Crippen molar-refractivity contribution < 1.29 is 19.8 Å². The molecule has 0 heterocycles. The summed E-state index contributed by atoms with van der Waals surface area (Å²) in [6, 6.07) is 0. The van der Waals surface area contributed by atoms with Gasteiger partial charge in [0, 0.05) is 24.9 Å². The lowest BCUT2D eigenvalue weighted by molar-refractivity contribution is -0.137. The summed E-state index contributed by atoms with van der Waals surface area (Å²) in [5.74, 6) is -0.186. The number of carboxylic acids is 1. The van der Waals surface area contributed by atoms with Gasteiger partial charge in [0.05, 0.1) is 0 Å². The molecule has 0 aromatic heterocycles. The summed E-state index contributed by atoms with van der Waals surface area (Å²) in [5.41, 5.74) is 0. The molecule has 4 nitrogen and oxygen atoms in total. The number of carbonyl (C=O) groups excluding carboxylic acids is 1. The van der Waals surface area contributed by atoms with E-state index in [2.05, 4.69) is 12.2 Å². The van der Waals surface area contributed by atoms with E-state index in [-0.39, 0.29) is 30.6 Å². The first kappa shape index (κ1) is 20.6. The second kappa shape index (κ2) is 12.9. The van der Waals surface area contributed by atoms with Crippen LogP contribution in [0.4, 0.5) is 0 Å². The minimum Gasteiger partial charge on any atom is -0.481 e. The van der Waals surface area contributed by atoms with Gasteiger partial charge in [-0.2, -0.15) is 0 Å². The van der Waals surface area contributed by atoms with Crippen molar-refractivity contribution in [2.24, 2.45) is 11.8 Å². The van der Waals surface area contributed by atoms with Crippen LogP contribution in [0.1, 0.15) is 70.6 Å². The van der Waals surface area contributed by atoms with Gasteiger partial charge in [-0.1, -0.05) is 50.3 Å². The predicted molar refractivity (Wildman–Crippen MR) is 95.8 cm³/mol. The van der Waals surface area contributed by atoms with Gasteiger partial charge in [-0.15, -0.1) is 0 Å². The number of rotatable bonds is 14. The van der Waals surface area contributed by atoms with Crippen molar-refractivity contribution in [3.05, 3.63) is 24.3 Å². The van der Waals surface area contributed by atoms with E-state index in [1.165, 1.54) is 0 Å². The van der Waals surface area contributed by atoms with Crippen LogP contribution in [-0.2, 0) is 9.59 Å². The molecule has 1 aliphatic rings. The maximum Gasteiger partial charge on any atom is 0.303 e. The number of hydrogen-bond donors (Lipinski definition) is 2. The first-order valence-corrected chi connectivity index (χ1v) is 9.36. The Morgan fingerprint density at radius 3 is 2.50 bits per heavy atom. The number of carbonyl (C=O) groups is 2. The Morgan fingerprint density at radius 1 is 1.04 bits per heavy atom. The zero-order valence-electron chi connectivity index (χ0n) is 14.7. The zero-order valence-corrected chi connectivity index (χ0v) is 14.7. The number of unbranched alkanes of at least 4 members (excludes halogenated alkanes) is 7. The van der Waals surface area contributed by atoms with Gasteiger partial charge in [-0.3, -0.25) is 9.59 Å². The minimum absolute atomic E-state index is 0.0788. The summed E-state index contributed by atoms with van der Waals surface area (Å²) in [6.07, 6.45) is 18.1. The number of ketones is 1. The van der Waals surface area contributed by atoms with E-state index in [0.717, 1.165) is 64.2 Å². The average molecular weight is 336 g/mol. The number of allylic oxidation sites excluding steroid dienone is 4. The van der Waals surface area contributed by atoms with Crippen LogP contribution in [0, 0.1) is 11.8 Å². The van der Waals surface area contributed by atoms with Crippen LogP contribution in [0.3, 0.4) is 0 Å². The molecule has 0 aliphatic heterocycles. The topological polar surface area (TPSA) is 74.6 Å². The Balaban J connectivity index is 2.18. The average Bonchev–Trinajstić information content (AvgIpc) is 2.90. The van der Waals surface area contributed by atoms with Crippen LogP contribution in [0.15, 0.2) is 24.3 Å². The Bertz CT molecular complexity index is 425. The molecule has 24 heavy (non-hydrogen) atoms. The normalized spacial score (nSPS) is 20.3. The summed E-state index contributed by atoms with van der Waals surface area (Å²) in [6.45, 7) is 0.281. The van der Waals surface area contributed by atoms with Crippen LogP contribution in [0.5, 0.6) is 0 Å². The van der Waals surface area contributed by atoms with E-state index in [1.807, 2.05) is 6.08 Å². The van der Waals surface area contributed by atoms with Crippen molar-refractivity contribution in [2.45, 2.75) is 70.6 Å². The minimum atomic E-state index is -0.730. The molecule has 136 valence electrons. The molecule has 2 N–H and O–H groups in total. The molecule has 0 aromatic rings. The van der Waals surface area contributed by atoms with Crippen LogP contribution in [-0.4, -0.2) is 28.6 Å². The van der Waals surface area contributed by atoms with E-state index in [4.69, 9.17) is 10.2 Å². The second-order valence-electron chi connectivity index (χ2n) is 6.65. The highest BCUT2D eigenvalue weighted by molar-refractivity contribution is 5.94. The molecule has 1 rings (SSSR count). The van der Waals surface area contributed by atoms with Gasteiger partial charge in [0.25, 0.3) is 0 Å². The molecule has 0 saturated carbocycles. The molecule has 0 unspecified atom stereocenters. The summed E-state index contributed by atoms with van der Waals surface area (Å²) < 4.78 is 0. The smallest absolute Gasteiger partial charge is 0.303 e. The predicted octanol–water partition coefficient (Wildman–Crippen LogP) is 4.28. The van der Waals surface area contributed by atoms with Gasteiger partial charge >= 0.3 is 5.97 Å². The fraction of sp³-hybridized carbons (Fsp3) is 0.700. The first-order valence-electron chi connectivity index (χ1n) is 9.36. The third-order valence-electron chi connectivity index (χ3n) is 4.61. The molecule has 0 amide bonds. The van der Waals surface area contributed by atoms with E-state index in [0.29, 0.717) is 0 Å². The highest BCUT2D eigenvalue weighted by Crippen LogP contribution is 2.29. The van der Waals surface area contributed by atoms with Crippen molar-refractivity contribution in [2.75, 3.05) is 6.61 Å². The zero-order chi connectivity index (χ0) is 17.6. The maximum atomic E-state index is 12.0. The summed E-state index contributed by atoms with van der Waals surface area (Å²) >= 11 is 0. The fourth-order valence-electron chi connectivity index (χ4n) is 3.16. The van der Waals surface area contributed by atoms with E-state index in [9.17, 15) is 9.59 Å². The largest absolute Gasteiger partial charge is 0.481 e. The van der Waals surface area contributed by atoms with Gasteiger partial charge in [0.15, 0.2) is 5.78 Å². The Kier molecular flexibility index (Phi) is 11.1. The maximum absolute atomic E-state index is 12.0. The molecule has 4 heteroatoms. The molecule has 1 aliphatic carbocycles. The van der Waals surface area contributed by atoms with Crippen molar-refractivity contribution in [1.82, 2.24) is 0 Å². The van der Waals surface area contributed by atoms with Gasteiger partial charge in [0.1, 0.15) is 0 Å². The Labute approximate surface area is 145 Å². The lowest BCUT2D eigenvalue weighted by atomic mass is 9.88. The molecule has 0 spiro atoms.